The van der Waals surface area contributed by atoms with Crippen molar-refractivity contribution in [3.63, 3.8) is 0 Å². The molecule has 0 aliphatic heterocycles. The van der Waals surface area contributed by atoms with Crippen LogP contribution in [-0.2, 0) is 6.42 Å². The van der Waals surface area contributed by atoms with Gasteiger partial charge in [0.25, 0.3) is 5.95 Å². The first-order valence-electron chi connectivity index (χ1n) is 10.9. The van der Waals surface area contributed by atoms with Gasteiger partial charge in [-0.3, -0.25) is 4.79 Å². The minimum Gasteiger partial charge on any atom is -0.504 e. The van der Waals surface area contributed by atoms with Gasteiger partial charge in [0.15, 0.2) is 11.5 Å². The molecule has 1 aromatic heterocycles. The third-order valence-electron chi connectivity index (χ3n) is 5.74. The SMILES string of the molecule is COc1ccc(CCOc2cc3oc(OC4CCCCC4)cc(=O)c3c(O)c2OC)cc1. The van der Waals surface area contributed by atoms with Crippen LogP contribution < -0.4 is 24.4 Å². The Balaban J connectivity index is 1.56. The van der Waals surface area contributed by atoms with Gasteiger partial charge in [0.1, 0.15) is 22.8 Å². The van der Waals surface area contributed by atoms with E-state index >= 15 is 0 Å². The summed E-state index contributed by atoms with van der Waals surface area (Å²) >= 11 is 0. The molecule has 170 valence electrons. The molecule has 4 rings (SSSR count). The molecular weight excluding hydrogens is 412 g/mol. The lowest BCUT2D eigenvalue weighted by Gasteiger charge is -2.22. The zero-order valence-corrected chi connectivity index (χ0v) is 18.4. The van der Waals surface area contributed by atoms with E-state index in [0.29, 0.717) is 18.8 Å². The molecule has 0 bridgehead atoms. The highest BCUT2D eigenvalue weighted by Gasteiger charge is 2.22. The quantitative estimate of drug-likeness (QED) is 0.536. The van der Waals surface area contributed by atoms with Gasteiger partial charge in [0, 0.05) is 12.5 Å². The van der Waals surface area contributed by atoms with Gasteiger partial charge < -0.3 is 28.5 Å². The fourth-order valence-corrected chi connectivity index (χ4v) is 4.02. The van der Waals surface area contributed by atoms with E-state index in [4.69, 9.17) is 23.4 Å². The lowest BCUT2D eigenvalue weighted by Crippen LogP contribution is -2.20. The first-order chi connectivity index (χ1) is 15.6. The average Bonchev–Trinajstić information content (AvgIpc) is 2.80. The molecule has 2 aromatic carbocycles. The Morgan fingerprint density at radius 1 is 1.03 bits per heavy atom. The molecule has 1 N–H and O–H groups in total. The van der Waals surface area contributed by atoms with Crippen LogP contribution in [-0.4, -0.2) is 32.0 Å². The van der Waals surface area contributed by atoms with Crippen molar-refractivity contribution in [2.75, 3.05) is 20.8 Å². The van der Waals surface area contributed by atoms with Crippen molar-refractivity contribution in [3.05, 3.63) is 52.2 Å². The van der Waals surface area contributed by atoms with Crippen LogP contribution in [0.25, 0.3) is 11.0 Å². The summed E-state index contributed by atoms with van der Waals surface area (Å²) in [6.45, 7) is 0.343. The van der Waals surface area contributed by atoms with Crippen LogP contribution in [0.4, 0.5) is 0 Å². The standard InChI is InChI=1S/C25H28O7/c1-28-17-10-8-16(9-11-17)12-13-30-21-15-20-23(24(27)25(21)29-2)19(26)14-22(32-20)31-18-6-4-3-5-7-18/h8-11,14-15,18,27H,3-7,12-13H2,1-2H3. The Kier molecular flexibility index (Phi) is 6.73. The third kappa shape index (κ3) is 4.77. The van der Waals surface area contributed by atoms with E-state index in [2.05, 4.69) is 0 Å². The molecule has 1 aliphatic rings. The second kappa shape index (κ2) is 9.85. The number of ether oxygens (including phenoxy) is 4. The largest absolute Gasteiger partial charge is 0.504 e. The maximum absolute atomic E-state index is 12.7. The Bertz CT molecular complexity index is 1110. The molecule has 1 heterocycles. The van der Waals surface area contributed by atoms with Gasteiger partial charge in [-0.1, -0.05) is 18.6 Å². The zero-order chi connectivity index (χ0) is 22.5. The van der Waals surface area contributed by atoms with Crippen molar-refractivity contribution in [3.8, 4) is 28.9 Å². The van der Waals surface area contributed by atoms with E-state index in [9.17, 15) is 9.90 Å². The van der Waals surface area contributed by atoms with Crippen LogP contribution in [0.5, 0.6) is 28.9 Å². The van der Waals surface area contributed by atoms with Crippen LogP contribution >= 0.6 is 0 Å². The first kappa shape index (κ1) is 21.9. The van der Waals surface area contributed by atoms with Gasteiger partial charge in [-0.15, -0.1) is 0 Å². The maximum atomic E-state index is 12.7. The van der Waals surface area contributed by atoms with Crippen molar-refractivity contribution < 1.29 is 28.5 Å². The molecule has 0 amide bonds. The molecule has 1 aliphatic carbocycles. The van der Waals surface area contributed by atoms with Crippen molar-refractivity contribution in [2.24, 2.45) is 0 Å². The number of phenolic OH excluding ortho intramolecular Hbond substituents is 1. The molecular formula is C25H28O7. The lowest BCUT2D eigenvalue weighted by atomic mass is 9.98. The van der Waals surface area contributed by atoms with E-state index < -0.39 is 5.43 Å². The number of hydrogen-bond donors (Lipinski definition) is 1. The maximum Gasteiger partial charge on any atom is 0.289 e. The van der Waals surface area contributed by atoms with Gasteiger partial charge in [-0.2, -0.15) is 0 Å². The van der Waals surface area contributed by atoms with Gasteiger partial charge in [-0.25, -0.2) is 0 Å². The number of rotatable bonds is 8. The van der Waals surface area contributed by atoms with Crippen LogP contribution in [0.3, 0.4) is 0 Å². The molecule has 1 saturated carbocycles. The summed E-state index contributed by atoms with van der Waals surface area (Å²) in [6.07, 6.45) is 5.97. The number of fused-ring (bicyclic) bond motifs is 1. The van der Waals surface area contributed by atoms with E-state index in [1.165, 1.54) is 19.6 Å². The molecule has 0 saturated heterocycles. The Labute approximate surface area is 186 Å². The van der Waals surface area contributed by atoms with Crippen LogP contribution in [0, 0.1) is 0 Å². The zero-order valence-electron chi connectivity index (χ0n) is 18.4. The molecule has 0 radical (unpaired) electrons. The van der Waals surface area contributed by atoms with Gasteiger partial charge in [0.2, 0.25) is 11.2 Å². The van der Waals surface area contributed by atoms with Gasteiger partial charge in [0.05, 0.1) is 26.9 Å². The fraction of sp³-hybridized carbons (Fsp3) is 0.400. The second-order valence-electron chi connectivity index (χ2n) is 7.88. The Morgan fingerprint density at radius 2 is 1.78 bits per heavy atom. The van der Waals surface area contributed by atoms with E-state index in [-0.39, 0.29) is 34.5 Å². The van der Waals surface area contributed by atoms with Crippen LogP contribution in [0.15, 0.2) is 45.6 Å². The molecule has 1 fully saturated rings. The Hall–Kier alpha value is -3.35. The van der Waals surface area contributed by atoms with Gasteiger partial charge >= 0.3 is 0 Å². The van der Waals surface area contributed by atoms with Gasteiger partial charge in [-0.05, 0) is 43.4 Å². The van der Waals surface area contributed by atoms with Crippen molar-refractivity contribution in [2.45, 2.75) is 44.6 Å². The van der Waals surface area contributed by atoms with Crippen molar-refractivity contribution in [1.82, 2.24) is 0 Å². The molecule has 0 unspecified atom stereocenters. The summed E-state index contributed by atoms with van der Waals surface area (Å²) in [5.41, 5.74) is 0.878. The second-order valence-corrected chi connectivity index (χ2v) is 7.88. The normalized spacial score (nSPS) is 14.3. The van der Waals surface area contributed by atoms with Crippen molar-refractivity contribution >= 4 is 11.0 Å². The molecule has 0 spiro atoms. The predicted molar refractivity (Wildman–Crippen MR) is 120 cm³/mol. The van der Waals surface area contributed by atoms with E-state index in [0.717, 1.165) is 37.0 Å². The summed E-state index contributed by atoms with van der Waals surface area (Å²) < 4.78 is 28.1. The van der Waals surface area contributed by atoms with E-state index in [1.807, 2.05) is 24.3 Å². The Morgan fingerprint density at radius 3 is 2.47 bits per heavy atom. The summed E-state index contributed by atoms with van der Waals surface area (Å²) in [7, 11) is 3.04. The molecule has 7 heteroatoms. The molecule has 32 heavy (non-hydrogen) atoms. The van der Waals surface area contributed by atoms with E-state index in [1.54, 1.807) is 13.2 Å². The fourth-order valence-electron chi connectivity index (χ4n) is 4.02. The average molecular weight is 440 g/mol. The number of benzene rings is 2. The summed E-state index contributed by atoms with van der Waals surface area (Å²) in [5.74, 6) is 1.03. The number of aromatic hydroxyl groups is 1. The number of phenols is 1. The topological polar surface area (TPSA) is 87.4 Å². The summed E-state index contributed by atoms with van der Waals surface area (Å²) in [6, 6.07) is 10.5. The van der Waals surface area contributed by atoms with Crippen molar-refractivity contribution in [1.29, 1.82) is 0 Å². The highest BCUT2D eigenvalue weighted by Crippen LogP contribution is 2.42. The minimum absolute atomic E-state index is 0.0383. The number of hydrogen-bond acceptors (Lipinski definition) is 7. The monoisotopic (exact) mass is 440 g/mol. The number of methoxy groups -OCH3 is 2. The predicted octanol–water partition coefficient (Wildman–Crippen LogP) is 4.85. The smallest absolute Gasteiger partial charge is 0.289 e. The lowest BCUT2D eigenvalue weighted by molar-refractivity contribution is 0.121. The molecule has 0 atom stereocenters. The third-order valence-corrected chi connectivity index (χ3v) is 5.74. The van der Waals surface area contributed by atoms with Crippen LogP contribution in [0.1, 0.15) is 37.7 Å². The highest BCUT2D eigenvalue weighted by molar-refractivity contribution is 5.88. The highest BCUT2D eigenvalue weighted by atomic mass is 16.6. The summed E-state index contributed by atoms with van der Waals surface area (Å²) in [5, 5.41) is 10.7. The molecule has 3 aromatic rings. The molecule has 7 nitrogen and oxygen atoms in total. The first-order valence-corrected chi connectivity index (χ1v) is 10.9. The minimum atomic E-state index is -0.391. The van der Waals surface area contributed by atoms with Crippen LogP contribution in [0.2, 0.25) is 0 Å². The summed E-state index contributed by atoms with van der Waals surface area (Å²) in [4.78, 5) is 12.7.